The number of nitrogens with zero attached hydrogens (tertiary/aromatic N) is 2. The molecule has 4 aromatic carbocycles. The van der Waals surface area contributed by atoms with Crippen molar-refractivity contribution in [3.8, 4) is 0 Å². The number of allylic oxidation sites excluding steroid dienone is 2. The number of furan rings is 1. The summed E-state index contributed by atoms with van der Waals surface area (Å²) in [5.41, 5.74) is 8.65. The number of aromatic nitrogens is 1. The molecule has 2 aliphatic rings. The zero-order valence-electron chi connectivity index (χ0n) is 19.2. The van der Waals surface area contributed by atoms with E-state index in [9.17, 15) is 0 Å². The number of benzene rings is 4. The van der Waals surface area contributed by atoms with Crippen molar-refractivity contribution in [2.45, 2.75) is 6.04 Å². The van der Waals surface area contributed by atoms with Crippen LogP contribution in [0, 0.1) is 0 Å². The molecule has 0 radical (unpaired) electrons. The summed E-state index contributed by atoms with van der Waals surface area (Å²) >= 11 is 0. The third kappa shape index (κ3) is 2.26. The normalized spacial score (nSPS) is 17.1. The lowest BCUT2D eigenvalue weighted by atomic mass is 9.94. The highest BCUT2D eigenvalue weighted by molar-refractivity contribution is 6.24. The second-order valence-electron chi connectivity index (χ2n) is 9.68. The Balaban J connectivity index is 1.32. The number of fused-ring (bicyclic) bond motifs is 10. The molecule has 7 aromatic rings. The second kappa shape index (κ2) is 6.43. The van der Waals surface area contributed by atoms with Gasteiger partial charge in [-0.15, -0.1) is 0 Å². The van der Waals surface area contributed by atoms with Crippen molar-refractivity contribution in [3.05, 3.63) is 109 Å². The molecular formula is C32H19N3O. The lowest BCUT2D eigenvalue weighted by Crippen LogP contribution is -2.31. The highest BCUT2D eigenvalue weighted by atomic mass is 16.3. The monoisotopic (exact) mass is 461 g/mol. The van der Waals surface area contributed by atoms with Gasteiger partial charge in [-0.05, 0) is 35.4 Å². The Labute approximate surface area is 205 Å². The van der Waals surface area contributed by atoms with E-state index in [1.807, 2.05) is 12.1 Å². The average Bonchev–Trinajstić information content (AvgIpc) is 3.57. The minimum Gasteiger partial charge on any atom is -0.456 e. The Bertz CT molecular complexity index is 2120. The summed E-state index contributed by atoms with van der Waals surface area (Å²) in [6, 6.07) is 29.8. The summed E-state index contributed by atoms with van der Waals surface area (Å²) in [6.07, 6.45) is 6.59. The van der Waals surface area contributed by atoms with Crippen molar-refractivity contribution < 1.29 is 4.42 Å². The molecule has 0 fully saturated rings. The number of para-hydroxylation sites is 2. The molecule has 4 nitrogen and oxygen atoms in total. The number of aliphatic imine (C=N–C) groups is 1. The fourth-order valence-corrected chi connectivity index (χ4v) is 6.11. The van der Waals surface area contributed by atoms with Crippen molar-refractivity contribution in [1.82, 2.24) is 4.40 Å². The highest BCUT2D eigenvalue weighted by Gasteiger charge is 2.29. The van der Waals surface area contributed by atoms with Crippen LogP contribution in [-0.4, -0.2) is 16.2 Å². The molecule has 0 saturated heterocycles. The van der Waals surface area contributed by atoms with Crippen LogP contribution in [0.15, 0.2) is 113 Å². The van der Waals surface area contributed by atoms with Gasteiger partial charge in [0.25, 0.3) is 0 Å². The van der Waals surface area contributed by atoms with Crippen molar-refractivity contribution >= 4 is 71.9 Å². The fraction of sp³-hybridized carbons (Fsp3) is 0.0312. The van der Waals surface area contributed by atoms with Gasteiger partial charge in [-0.1, -0.05) is 72.8 Å². The van der Waals surface area contributed by atoms with E-state index in [-0.39, 0.29) is 6.04 Å². The van der Waals surface area contributed by atoms with Gasteiger partial charge < -0.3 is 9.73 Å². The first-order valence-corrected chi connectivity index (χ1v) is 12.3. The van der Waals surface area contributed by atoms with Gasteiger partial charge in [0.15, 0.2) is 0 Å². The highest BCUT2D eigenvalue weighted by Crippen LogP contribution is 2.47. The van der Waals surface area contributed by atoms with E-state index in [1.54, 1.807) is 0 Å². The molecule has 1 unspecified atom stereocenters. The van der Waals surface area contributed by atoms with Crippen LogP contribution in [0.3, 0.4) is 0 Å². The van der Waals surface area contributed by atoms with Gasteiger partial charge in [0.1, 0.15) is 22.7 Å². The maximum Gasteiger partial charge on any atom is 0.138 e. The molecule has 0 saturated carbocycles. The van der Waals surface area contributed by atoms with Gasteiger partial charge >= 0.3 is 0 Å². The number of hydrogen-bond acceptors (Lipinski definition) is 3. The van der Waals surface area contributed by atoms with Crippen LogP contribution in [0.2, 0.25) is 0 Å². The average molecular weight is 462 g/mol. The fourth-order valence-electron chi connectivity index (χ4n) is 6.11. The molecule has 4 heteroatoms. The van der Waals surface area contributed by atoms with E-state index < -0.39 is 0 Å². The van der Waals surface area contributed by atoms with Gasteiger partial charge in [-0.2, -0.15) is 0 Å². The van der Waals surface area contributed by atoms with Gasteiger partial charge in [-0.3, -0.25) is 4.40 Å². The van der Waals surface area contributed by atoms with E-state index in [0.717, 1.165) is 44.7 Å². The first kappa shape index (κ1) is 18.5. The SMILES string of the molecule is C1=CC2=Nc3c(n4c5cc6oc7ccccc7c6cc5c5cccc3c54)NC2C=C1c1ccccc1. The molecule has 0 spiro atoms. The number of rotatable bonds is 1. The Morgan fingerprint density at radius 1 is 0.722 bits per heavy atom. The summed E-state index contributed by atoms with van der Waals surface area (Å²) in [6.45, 7) is 0. The topological polar surface area (TPSA) is 41.9 Å². The van der Waals surface area contributed by atoms with E-state index >= 15 is 0 Å². The maximum atomic E-state index is 6.26. The van der Waals surface area contributed by atoms with Crippen LogP contribution in [0.25, 0.3) is 54.7 Å². The summed E-state index contributed by atoms with van der Waals surface area (Å²) in [5.74, 6) is 1.04. The molecule has 36 heavy (non-hydrogen) atoms. The Kier molecular flexibility index (Phi) is 3.30. The molecular weight excluding hydrogens is 442 g/mol. The smallest absolute Gasteiger partial charge is 0.138 e. The molecule has 0 bridgehead atoms. The van der Waals surface area contributed by atoms with Gasteiger partial charge in [0, 0.05) is 33.0 Å². The van der Waals surface area contributed by atoms with E-state index in [4.69, 9.17) is 9.41 Å². The van der Waals surface area contributed by atoms with Gasteiger partial charge in [-0.25, -0.2) is 4.99 Å². The van der Waals surface area contributed by atoms with Crippen molar-refractivity contribution in [3.63, 3.8) is 0 Å². The van der Waals surface area contributed by atoms with Crippen LogP contribution >= 0.6 is 0 Å². The van der Waals surface area contributed by atoms with Crippen LogP contribution in [0.5, 0.6) is 0 Å². The third-order valence-corrected chi connectivity index (χ3v) is 7.73. The standard InChI is InChI=1S/C32H19N3O/c1-2-7-18(8-3-1)19-13-14-25-26(15-19)34-32-30(33-25)22-11-6-10-21-23-16-24-20-9-4-5-12-28(20)36-29(24)17-27(23)35(32)31(21)22/h1-17,26,34H. The molecule has 9 rings (SSSR count). The zero-order chi connectivity index (χ0) is 23.4. The minimum atomic E-state index is 0.0145. The zero-order valence-corrected chi connectivity index (χ0v) is 19.2. The molecule has 1 aliphatic carbocycles. The Morgan fingerprint density at radius 3 is 2.50 bits per heavy atom. The predicted molar refractivity (Wildman–Crippen MR) is 149 cm³/mol. The van der Waals surface area contributed by atoms with E-state index in [1.165, 1.54) is 32.8 Å². The molecule has 1 aliphatic heterocycles. The number of anilines is 1. The molecule has 0 amide bonds. The lowest BCUT2D eigenvalue weighted by Gasteiger charge is -2.25. The van der Waals surface area contributed by atoms with Gasteiger partial charge in [0.05, 0.1) is 22.8 Å². The lowest BCUT2D eigenvalue weighted by molar-refractivity contribution is 0.669. The largest absolute Gasteiger partial charge is 0.456 e. The first-order valence-electron chi connectivity index (χ1n) is 12.3. The van der Waals surface area contributed by atoms with Crippen LogP contribution in [0.4, 0.5) is 11.5 Å². The second-order valence-corrected chi connectivity index (χ2v) is 9.68. The minimum absolute atomic E-state index is 0.0145. The molecule has 168 valence electrons. The number of nitrogens with one attached hydrogen (secondary N) is 1. The van der Waals surface area contributed by atoms with Crippen molar-refractivity contribution in [2.24, 2.45) is 4.99 Å². The summed E-state index contributed by atoms with van der Waals surface area (Å²) in [7, 11) is 0. The predicted octanol–water partition coefficient (Wildman–Crippen LogP) is 8.10. The quantitative estimate of drug-likeness (QED) is 0.268. The van der Waals surface area contributed by atoms with Gasteiger partial charge in [0.2, 0.25) is 0 Å². The molecule has 3 aromatic heterocycles. The molecule has 1 N–H and O–H groups in total. The first-order chi connectivity index (χ1) is 17.8. The van der Waals surface area contributed by atoms with E-state index in [2.05, 4.69) is 101 Å². The van der Waals surface area contributed by atoms with Crippen LogP contribution in [0.1, 0.15) is 5.56 Å². The van der Waals surface area contributed by atoms with Crippen molar-refractivity contribution in [2.75, 3.05) is 5.32 Å². The van der Waals surface area contributed by atoms with Crippen LogP contribution in [-0.2, 0) is 0 Å². The van der Waals surface area contributed by atoms with Crippen LogP contribution < -0.4 is 5.32 Å². The molecule has 1 atom stereocenters. The third-order valence-electron chi connectivity index (χ3n) is 7.73. The summed E-state index contributed by atoms with van der Waals surface area (Å²) < 4.78 is 8.61. The Morgan fingerprint density at radius 2 is 1.56 bits per heavy atom. The van der Waals surface area contributed by atoms with E-state index in [0.29, 0.717) is 0 Å². The summed E-state index contributed by atoms with van der Waals surface area (Å²) in [4.78, 5) is 5.17. The maximum absolute atomic E-state index is 6.26. The summed E-state index contributed by atoms with van der Waals surface area (Å²) in [5, 5.41) is 9.79. The number of hydrogen-bond donors (Lipinski definition) is 1. The molecule has 4 heterocycles. The van der Waals surface area contributed by atoms with Crippen molar-refractivity contribution in [1.29, 1.82) is 0 Å². The Hall–Kier alpha value is -4.83.